The van der Waals surface area contributed by atoms with Crippen LogP contribution in [0.3, 0.4) is 0 Å². The van der Waals surface area contributed by atoms with Crippen LogP contribution in [0.4, 0.5) is 0 Å². The predicted octanol–water partition coefficient (Wildman–Crippen LogP) is 2.85. The lowest BCUT2D eigenvalue weighted by Crippen LogP contribution is -1.79. The summed E-state index contributed by atoms with van der Waals surface area (Å²) in [6.07, 6.45) is 10.0. The Balaban J connectivity index is 2.70. The fourth-order valence-corrected chi connectivity index (χ4v) is 0.977. The van der Waals surface area contributed by atoms with Gasteiger partial charge in [0.1, 0.15) is 0 Å². The molecule has 0 fully saturated rings. The molecular weight excluding hydrogens is 124 g/mol. The second-order valence-electron chi connectivity index (χ2n) is 2.66. The first-order valence-electron chi connectivity index (χ1n) is 4.26. The average molecular weight is 141 g/mol. The molecule has 1 radical (unpaired) electrons. The first kappa shape index (κ1) is 9.67. The molecule has 0 aromatic rings. The van der Waals surface area contributed by atoms with Crippen LogP contribution < -0.4 is 0 Å². The van der Waals surface area contributed by atoms with E-state index >= 15 is 0 Å². The van der Waals surface area contributed by atoms with Crippen LogP contribution in [0.25, 0.3) is 0 Å². The largest absolute Gasteiger partial charge is 0.291 e. The van der Waals surface area contributed by atoms with Crippen molar-refractivity contribution in [1.82, 2.24) is 0 Å². The summed E-state index contributed by atoms with van der Waals surface area (Å²) in [7, 11) is 0. The van der Waals surface area contributed by atoms with Crippen LogP contribution in [-0.2, 0) is 4.79 Å². The summed E-state index contributed by atoms with van der Waals surface area (Å²) >= 11 is 0. The standard InChI is InChI=1S/C9H17O/c1-2-3-4-5-6-7-8-9-10/h2-8H2,1H3. The topological polar surface area (TPSA) is 17.1 Å². The molecule has 1 nitrogen and oxygen atoms in total. The molecule has 1 heteroatoms. The van der Waals surface area contributed by atoms with Gasteiger partial charge in [-0.1, -0.05) is 39.0 Å². The molecule has 59 valence electrons. The van der Waals surface area contributed by atoms with Crippen LogP contribution in [0.15, 0.2) is 0 Å². The molecule has 0 amide bonds. The minimum atomic E-state index is 0.631. The number of rotatable bonds is 7. The number of hydrogen-bond donors (Lipinski definition) is 0. The Morgan fingerprint density at radius 1 is 1.00 bits per heavy atom. The third-order valence-corrected chi connectivity index (χ3v) is 1.63. The van der Waals surface area contributed by atoms with Crippen molar-refractivity contribution in [3.8, 4) is 0 Å². The van der Waals surface area contributed by atoms with E-state index in [0.717, 1.165) is 6.42 Å². The Kier molecular flexibility index (Phi) is 8.38. The van der Waals surface area contributed by atoms with E-state index in [1.165, 1.54) is 32.1 Å². The fraction of sp³-hybridized carbons (Fsp3) is 0.889. The molecule has 0 rings (SSSR count). The number of hydrogen-bond acceptors (Lipinski definition) is 1. The van der Waals surface area contributed by atoms with E-state index in [-0.39, 0.29) is 0 Å². The Hall–Kier alpha value is -0.330. The summed E-state index contributed by atoms with van der Waals surface area (Å²) in [5.41, 5.74) is 0. The van der Waals surface area contributed by atoms with E-state index in [1.54, 1.807) is 0 Å². The van der Waals surface area contributed by atoms with E-state index in [2.05, 4.69) is 6.92 Å². The average Bonchev–Trinajstić information content (AvgIpc) is 1.97. The lowest BCUT2D eigenvalue weighted by molar-refractivity contribution is 0.542. The normalized spacial score (nSPS) is 9.70. The van der Waals surface area contributed by atoms with E-state index < -0.39 is 0 Å². The molecule has 10 heavy (non-hydrogen) atoms. The third-order valence-electron chi connectivity index (χ3n) is 1.63. The van der Waals surface area contributed by atoms with Crippen LogP contribution in [0, 0.1) is 0 Å². The molecule has 0 saturated carbocycles. The van der Waals surface area contributed by atoms with Crippen LogP contribution >= 0.6 is 0 Å². The molecule has 0 aliphatic carbocycles. The molecule has 0 N–H and O–H groups in total. The predicted molar refractivity (Wildman–Crippen MR) is 43.7 cm³/mol. The quantitative estimate of drug-likeness (QED) is 0.498. The van der Waals surface area contributed by atoms with Crippen LogP contribution in [0.2, 0.25) is 0 Å². The molecular formula is C9H17O. The van der Waals surface area contributed by atoms with E-state index in [9.17, 15) is 4.79 Å². The fourth-order valence-electron chi connectivity index (χ4n) is 0.977. The monoisotopic (exact) mass is 141 g/mol. The van der Waals surface area contributed by atoms with Crippen molar-refractivity contribution in [3.05, 3.63) is 0 Å². The minimum absolute atomic E-state index is 0.631. The maximum Gasteiger partial charge on any atom is 0.198 e. The van der Waals surface area contributed by atoms with Gasteiger partial charge in [0.25, 0.3) is 0 Å². The van der Waals surface area contributed by atoms with Gasteiger partial charge in [-0.3, -0.25) is 4.79 Å². The highest BCUT2D eigenvalue weighted by molar-refractivity contribution is 5.50. The molecule has 0 bridgehead atoms. The van der Waals surface area contributed by atoms with E-state index in [4.69, 9.17) is 0 Å². The molecule has 0 unspecified atom stereocenters. The first-order valence-corrected chi connectivity index (χ1v) is 4.26. The zero-order chi connectivity index (χ0) is 7.66. The first-order chi connectivity index (χ1) is 4.91. The van der Waals surface area contributed by atoms with Crippen LogP contribution in [0.1, 0.15) is 51.9 Å². The summed E-state index contributed by atoms with van der Waals surface area (Å²) in [6, 6.07) is 0. The summed E-state index contributed by atoms with van der Waals surface area (Å²) in [4.78, 5) is 9.77. The highest BCUT2D eigenvalue weighted by Gasteiger charge is 1.88. The molecule has 0 aromatic heterocycles. The zero-order valence-electron chi connectivity index (χ0n) is 6.86. The van der Waals surface area contributed by atoms with Crippen molar-refractivity contribution >= 4 is 6.29 Å². The van der Waals surface area contributed by atoms with Gasteiger partial charge < -0.3 is 0 Å². The molecule has 0 saturated heterocycles. The van der Waals surface area contributed by atoms with Gasteiger partial charge in [-0.05, 0) is 6.42 Å². The maximum absolute atomic E-state index is 9.77. The number of carbonyl (C=O) groups excluding carboxylic acids is 1. The van der Waals surface area contributed by atoms with Gasteiger partial charge in [0.2, 0.25) is 0 Å². The Morgan fingerprint density at radius 3 is 2.20 bits per heavy atom. The summed E-state index contributed by atoms with van der Waals surface area (Å²) < 4.78 is 0. The second-order valence-corrected chi connectivity index (χ2v) is 2.66. The van der Waals surface area contributed by atoms with Crippen LogP contribution in [0.5, 0.6) is 0 Å². The Morgan fingerprint density at radius 2 is 1.60 bits per heavy atom. The number of unbranched alkanes of at least 4 members (excludes halogenated alkanes) is 6. The highest BCUT2D eigenvalue weighted by atomic mass is 16.1. The minimum Gasteiger partial charge on any atom is -0.291 e. The van der Waals surface area contributed by atoms with Crippen molar-refractivity contribution in [2.45, 2.75) is 51.9 Å². The third kappa shape index (κ3) is 7.67. The molecule has 0 aliphatic rings. The van der Waals surface area contributed by atoms with E-state index in [1.807, 2.05) is 6.29 Å². The van der Waals surface area contributed by atoms with Gasteiger partial charge >= 0.3 is 0 Å². The van der Waals surface area contributed by atoms with Crippen LogP contribution in [-0.4, -0.2) is 6.29 Å². The van der Waals surface area contributed by atoms with Gasteiger partial charge in [0, 0.05) is 6.42 Å². The summed E-state index contributed by atoms with van der Waals surface area (Å²) in [5, 5.41) is 0. The molecule has 0 spiro atoms. The van der Waals surface area contributed by atoms with Gasteiger partial charge in [-0.15, -0.1) is 0 Å². The summed E-state index contributed by atoms with van der Waals surface area (Å²) in [6.45, 7) is 2.21. The highest BCUT2D eigenvalue weighted by Crippen LogP contribution is 2.05. The van der Waals surface area contributed by atoms with Crippen molar-refractivity contribution in [2.24, 2.45) is 0 Å². The molecule has 0 atom stereocenters. The van der Waals surface area contributed by atoms with Gasteiger partial charge in [-0.2, -0.15) is 0 Å². The second kappa shape index (κ2) is 8.67. The smallest absolute Gasteiger partial charge is 0.198 e. The molecule has 0 heterocycles. The lowest BCUT2D eigenvalue weighted by atomic mass is 10.1. The van der Waals surface area contributed by atoms with Crippen molar-refractivity contribution in [1.29, 1.82) is 0 Å². The molecule has 0 aliphatic heterocycles. The lowest BCUT2D eigenvalue weighted by Gasteiger charge is -1.95. The Bertz CT molecular complexity index is 69.1. The van der Waals surface area contributed by atoms with Crippen molar-refractivity contribution in [2.75, 3.05) is 0 Å². The summed E-state index contributed by atoms with van der Waals surface area (Å²) in [5.74, 6) is 0. The van der Waals surface area contributed by atoms with Crippen molar-refractivity contribution in [3.63, 3.8) is 0 Å². The SMILES string of the molecule is CCCCCCCC[C]=O. The molecule has 0 aromatic carbocycles. The van der Waals surface area contributed by atoms with Gasteiger partial charge in [-0.25, -0.2) is 0 Å². The maximum atomic E-state index is 9.77. The zero-order valence-corrected chi connectivity index (χ0v) is 6.86. The van der Waals surface area contributed by atoms with Crippen molar-refractivity contribution < 1.29 is 4.79 Å². The Labute approximate surface area is 63.8 Å². The van der Waals surface area contributed by atoms with E-state index in [0.29, 0.717) is 6.42 Å². The van der Waals surface area contributed by atoms with Gasteiger partial charge in [0.05, 0.1) is 0 Å². The van der Waals surface area contributed by atoms with Gasteiger partial charge in [0.15, 0.2) is 6.29 Å².